The van der Waals surface area contributed by atoms with Gasteiger partial charge in [-0.1, -0.05) is 0 Å². The van der Waals surface area contributed by atoms with Crippen LogP contribution in [-0.4, -0.2) is 15.7 Å². The molecule has 0 fully saturated rings. The minimum atomic E-state index is -0.505. The molecule has 0 aromatic carbocycles. The number of ether oxygens (including phenoxy) is 1. The quantitative estimate of drug-likeness (QED) is 0.680. The van der Waals surface area contributed by atoms with E-state index in [0.29, 0.717) is 17.0 Å². The molecule has 6 nitrogen and oxygen atoms in total. The maximum atomic E-state index is 12.7. The number of rotatable bonds is 2. The van der Waals surface area contributed by atoms with E-state index in [1.165, 1.54) is 11.6 Å². The normalized spacial score (nSPS) is 11.0. The maximum absolute atomic E-state index is 12.7. The first-order valence-electron chi connectivity index (χ1n) is 7.13. The number of nitrogens with zero attached hydrogens (tertiary/aromatic N) is 2. The standard InChI is InChI=1S/C17H16N2O4/c1-9-8-12-6-5-7-22-16(12)13(9)14-15(23-11(3)20)10(2)18-19(4)17(14)21/h5-8H,1-4H3. The molecule has 1 aliphatic heterocycles. The molecule has 2 aliphatic rings. The molecule has 0 N–H and O–H groups in total. The van der Waals surface area contributed by atoms with Crippen LogP contribution in [0.1, 0.15) is 18.2 Å². The second-order valence-electron chi connectivity index (χ2n) is 5.41. The van der Waals surface area contributed by atoms with Crippen LogP contribution in [0.15, 0.2) is 33.7 Å². The number of hydrogen-bond acceptors (Lipinski definition) is 5. The predicted octanol–water partition coefficient (Wildman–Crippen LogP) is 2.69. The van der Waals surface area contributed by atoms with E-state index in [9.17, 15) is 9.59 Å². The zero-order valence-electron chi connectivity index (χ0n) is 13.3. The summed E-state index contributed by atoms with van der Waals surface area (Å²) in [5.74, 6) is 0.256. The first-order valence-corrected chi connectivity index (χ1v) is 7.13. The van der Waals surface area contributed by atoms with Gasteiger partial charge in [-0.15, -0.1) is 0 Å². The SMILES string of the molecule is CC(=O)Oc1c(C)nn(C)c(=O)c1-c1c(C)cc2cccoc1-2. The van der Waals surface area contributed by atoms with Crippen molar-refractivity contribution in [3.8, 4) is 28.2 Å². The molecule has 23 heavy (non-hydrogen) atoms. The van der Waals surface area contributed by atoms with E-state index in [2.05, 4.69) is 5.10 Å². The number of esters is 1. The molecule has 0 saturated carbocycles. The molecule has 0 amide bonds. The Kier molecular flexibility index (Phi) is 3.52. The van der Waals surface area contributed by atoms with Crippen LogP contribution in [0.2, 0.25) is 0 Å². The summed E-state index contributed by atoms with van der Waals surface area (Å²) in [4.78, 5) is 24.1. The average molecular weight is 312 g/mol. The fraction of sp³-hybridized carbons (Fsp3) is 0.235. The van der Waals surface area contributed by atoms with E-state index in [1.807, 2.05) is 19.1 Å². The Balaban J connectivity index is 2.41. The van der Waals surface area contributed by atoms with Gasteiger partial charge in [-0.25, -0.2) is 4.68 Å². The highest BCUT2D eigenvalue weighted by molar-refractivity contribution is 5.89. The van der Waals surface area contributed by atoms with Gasteiger partial charge < -0.3 is 9.15 Å². The minimum Gasteiger partial charge on any atom is -0.464 e. The number of carbonyl (C=O) groups excluding carboxylic acids is 1. The Hall–Kier alpha value is -2.89. The molecule has 0 bridgehead atoms. The van der Waals surface area contributed by atoms with Gasteiger partial charge in [0.05, 0.1) is 11.8 Å². The molecular formula is C17H16N2O4. The van der Waals surface area contributed by atoms with Crippen molar-refractivity contribution in [2.75, 3.05) is 0 Å². The lowest BCUT2D eigenvalue weighted by Crippen LogP contribution is -2.24. The van der Waals surface area contributed by atoms with Crippen LogP contribution in [0.5, 0.6) is 5.75 Å². The molecule has 1 aliphatic carbocycles. The third kappa shape index (κ3) is 2.42. The highest BCUT2D eigenvalue weighted by atomic mass is 16.5. The van der Waals surface area contributed by atoms with Crippen molar-refractivity contribution in [3.63, 3.8) is 0 Å². The first kappa shape index (κ1) is 15.0. The Morgan fingerprint density at radius 1 is 1.30 bits per heavy atom. The Bertz CT molecular complexity index is 936. The average Bonchev–Trinajstić information content (AvgIpc) is 2.81. The van der Waals surface area contributed by atoms with Gasteiger partial charge in [-0.3, -0.25) is 9.59 Å². The Labute approximate surface area is 132 Å². The summed E-state index contributed by atoms with van der Waals surface area (Å²) < 4.78 is 12.1. The van der Waals surface area contributed by atoms with Gasteiger partial charge in [0.25, 0.3) is 5.56 Å². The zero-order valence-corrected chi connectivity index (χ0v) is 13.3. The molecule has 0 saturated heterocycles. The Morgan fingerprint density at radius 2 is 2.04 bits per heavy atom. The van der Waals surface area contributed by atoms with Crippen LogP contribution in [-0.2, 0) is 11.8 Å². The van der Waals surface area contributed by atoms with Gasteiger partial charge in [0, 0.05) is 25.1 Å². The summed E-state index contributed by atoms with van der Waals surface area (Å²) in [7, 11) is 1.56. The van der Waals surface area contributed by atoms with E-state index in [1.54, 1.807) is 26.3 Å². The lowest BCUT2D eigenvalue weighted by molar-refractivity contribution is -0.131. The van der Waals surface area contributed by atoms with Crippen molar-refractivity contribution in [2.24, 2.45) is 7.05 Å². The highest BCUT2D eigenvalue weighted by Crippen LogP contribution is 2.41. The van der Waals surface area contributed by atoms with E-state index in [4.69, 9.17) is 9.15 Å². The third-order valence-corrected chi connectivity index (χ3v) is 3.66. The van der Waals surface area contributed by atoms with Crippen molar-refractivity contribution in [3.05, 3.63) is 46.1 Å². The molecule has 0 spiro atoms. The van der Waals surface area contributed by atoms with Gasteiger partial charge in [0.2, 0.25) is 0 Å². The molecule has 0 atom stereocenters. The van der Waals surface area contributed by atoms with Crippen LogP contribution in [0.4, 0.5) is 0 Å². The largest absolute Gasteiger partial charge is 0.464 e. The summed E-state index contributed by atoms with van der Waals surface area (Å²) in [6.45, 7) is 4.87. The topological polar surface area (TPSA) is 74.3 Å². The minimum absolute atomic E-state index is 0.176. The van der Waals surface area contributed by atoms with Crippen LogP contribution in [0, 0.1) is 13.8 Å². The van der Waals surface area contributed by atoms with Crippen LogP contribution in [0.25, 0.3) is 22.5 Å². The zero-order chi connectivity index (χ0) is 16.7. The van der Waals surface area contributed by atoms with Crippen molar-refractivity contribution in [1.82, 2.24) is 9.78 Å². The number of carbonyl (C=O) groups is 1. The summed E-state index contributed by atoms with van der Waals surface area (Å²) >= 11 is 0. The second-order valence-corrected chi connectivity index (χ2v) is 5.41. The third-order valence-electron chi connectivity index (χ3n) is 3.66. The lowest BCUT2D eigenvalue weighted by atomic mass is 10.0. The fourth-order valence-electron chi connectivity index (χ4n) is 2.75. The number of hydrogen-bond donors (Lipinski definition) is 0. The van der Waals surface area contributed by atoms with Gasteiger partial charge in [0.1, 0.15) is 11.5 Å². The number of aromatic nitrogens is 2. The van der Waals surface area contributed by atoms with Crippen molar-refractivity contribution in [1.29, 1.82) is 0 Å². The van der Waals surface area contributed by atoms with E-state index < -0.39 is 5.97 Å². The summed E-state index contributed by atoms with van der Waals surface area (Å²) in [5.41, 5.74) is 2.78. The summed E-state index contributed by atoms with van der Waals surface area (Å²) in [6.07, 6.45) is 1.55. The second kappa shape index (κ2) is 5.39. The Morgan fingerprint density at radius 3 is 2.74 bits per heavy atom. The molecule has 3 rings (SSSR count). The maximum Gasteiger partial charge on any atom is 0.308 e. The van der Waals surface area contributed by atoms with Crippen molar-refractivity contribution >= 4 is 5.97 Å². The predicted molar refractivity (Wildman–Crippen MR) is 84.6 cm³/mol. The fourth-order valence-corrected chi connectivity index (χ4v) is 2.75. The van der Waals surface area contributed by atoms with Gasteiger partial charge >= 0.3 is 5.97 Å². The van der Waals surface area contributed by atoms with Crippen molar-refractivity contribution in [2.45, 2.75) is 20.8 Å². The highest BCUT2D eigenvalue weighted by Gasteiger charge is 2.26. The number of aryl methyl sites for hydroxylation is 3. The summed E-state index contributed by atoms with van der Waals surface area (Å²) in [6, 6.07) is 5.62. The van der Waals surface area contributed by atoms with Crippen LogP contribution >= 0.6 is 0 Å². The smallest absolute Gasteiger partial charge is 0.308 e. The van der Waals surface area contributed by atoms with E-state index in [0.717, 1.165) is 11.1 Å². The molecule has 2 heterocycles. The van der Waals surface area contributed by atoms with Crippen LogP contribution < -0.4 is 10.3 Å². The van der Waals surface area contributed by atoms with E-state index >= 15 is 0 Å². The van der Waals surface area contributed by atoms with Gasteiger partial charge in [-0.05, 0) is 37.6 Å². The van der Waals surface area contributed by atoms with Crippen molar-refractivity contribution < 1.29 is 13.9 Å². The van der Waals surface area contributed by atoms with Crippen LogP contribution in [0.3, 0.4) is 0 Å². The van der Waals surface area contributed by atoms with Gasteiger partial charge in [-0.2, -0.15) is 5.10 Å². The monoisotopic (exact) mass is 312 g/mol. The molecule has 1 aromatic heterocycles. The van der Waals surface area contributed by atoms with Gasteiger partial charge in [0.15, 0.2) is 5.75 Å². The molecule has 0 radical (unpaired) electrons. The lowest BCUT2D eigenvalue weighted by Gasteiger charge is -2.13. The summed E-state index contributed by atoms with van der Waals surface area (Å²) in [5, 5.41) is 4.10. The molecule has 118 valence electrons. The molecule has 6 heteroatoms. The molecule has 0 unspecified atom stereocenters. The molecule has 1 aromatic rings. The number of fused-ring (bicyclic) bond motifs is 1. The first-order chi connectivity index (χ1) is 10.9. The molecular weight excluding hydrogens is 296 g/mol. The van der Waals surface area contributed by atoms with E-state index in [-0.39, 0.29) is 16.9 Å².